The normalized spacial score (nSPS) is 21.3. The van der Waals surface area contributed by atoms with Crippen LogP contribution in [0.3, 0.4) is 0 Å². The fourth-order valence-corrected chi connectivity index (χ4v) is 4.77. The Morgan fingerprint density at radius 3 is 2.44 bits per heavy atom. The minimum absolute atomic E-state index is 0.150. The van der Waals surface area contributed by atoms with Crippen LogP contribution in [0.4, 0.5) is 0 Å². The zero-order valence-electron chi connectivity index (χ0n) is 18.7. The lowest BCUT2D eigenvalue weighted by atomic mass is 9.65. The molecule has 6 heteroatoms. The molecular formula is C26H33N3O3. The predicted molar refractivity (Wildman–Crippen MR) is 127 cm³/mol. The first-order valence-electron chi connectivity index (χ1n) is 11.1. The minimum Gasteiger partial charge on any atom is -0.496 e. The van der Waals surface area contributed by atoms with Gasteiger partial charge in [0, 0.05) is 18.5 Å². The number of hydrogen-bond acceptors (Lipinski definition) is 4. The van der Waals surface area contributed by atoms with Crippen LogP contribution in [0.5, 0.6) is 5.75 Å². The topological polar surface area (TPSA) is 93.5 Å². The van der Waals surface area contributed by atoms with Crippen LogP contribution in [0, 0.1) is 5.92 Å². The van der Waals surface area contributed by atoms with Crippen molar-refractivity contribution in [1.82, 2.24) is 10.6 Å². The molecule has 4 N–H and O–H groups in total. The number of para-hydroxylation sites is 1. The number of amides is 2. The number of carbonyl (C=O) groups is 2. The molecule has 0 spiro atoms. The van der Waals surface area contributed by atoms with Gasteiger partial charge in [-0.15, -0.1) is 6.58 Å². The van der Waals surface area contributed by atoms with Crippen molar-refractivity contribution in [2.45, 2.75) is 37.1 Å². The molecule has 1 saturated carbocycles. The Balaban J connectivity index is 1.76. The number of nitrogens with one attached hydrogen (secondary N) is 2. The van der Waals surface area contributed by atoms with Gasteiger partial charge in [-0.25, -0.2) is 0 Å². The van der Waals surface area contributed by atoms with Crippen molar-refractivity contribution in [3.63, 3.8) is 0 Å². The highest BCUT2D eigenvalue weighted by Crippen LogP contribution is 2.42. The third kappa shape index (κ3) is 5.37. The smallest absolute Gasteiger partial charge is 0.255 e. The zero-order chi connectivity index (χ0) is 23.0. The van der Waals surface area contributed by atoms with Gasteiger partial charge in [-0.2, -0.15) is 0 Å². The van der Waals surface area contributed by atoms with Crippen LogP contribution in [0.15, 0.2) is 67.3 Å². The van der Waals surface area contributed by atoms with Crippen molar-refractivity contribution in [3.05, 3.63) is 78.4 Å². The fourth-order valence-electron chi connectivity index (χ4n) is 4.77. The second-order valence-electron chi connectivity index (χ2n) is 8.44. The largest absolute Gasteiger partial charge is 0.496 e. The summed E-state index contributed by atoms with van der Waals surface area (Å²) < 4.78 is 5.34. The quantitative estimate of drug-likeness (QED) is 0.500. The maximum Gasteiger partial charge on any atom is 0.255 e. The molecule has 3 rings (SSSR count). The summed E-state index contributed by atoms with van der Waals surface area (Å²) in [6.45, 7) is 4.77. The molecule has 6 nitrogen and oxygen atoms in total. The molecule has 2 amide bonds. The summed E-state index contributed by atoms with van der Waals surface area (Å²) in [5.74, 6) is 0.241. The van der Waals surface area contributed by atoms with Gasteiger partial charge in [0.2, 0.25) is 5.91 Å². The molecule has 0 bridgehead atoms. The maximum atomic E-state index is 12.9. The third-order valence-corrected chi connectivity index (χ3v) is 6.57. The maximum absolute atomic E-state index is 12.9. The van der Waals surface area contributed by atoms with E-state index in [-0.39, 0.29) is 29.2 Å². The molecule has 0 saturated heterocycles. The van der Waals surface area contributed by atoms with Crippen LogP contribution in [0.2, 0.25) is 0 Å². The molecule has 32 heavy (non-hydrogen) atoms. The number of carbonyl (C=O) groups excluding carboxylic acids is 2. The molecule has 2 aromatic carbocycles. The summed E-state index contributed by atoms with van der Waals surface area (Å²) in [6, 6.07) is 17.2. The Hall–Kier alpha value is -3.12. The average Bonchev–Trinajstić information content (AvgIpc) is 2.84. The molecule has 0 aromatic heterocycles. The van der Waals surface area contributed by atoms with E-state index in [2.05, 4.69) is 29.3 Å². The van der Waals surface area contributed by atoms with E-state index in [1.807, 2.05) is 30.3 Å². The van der Waals surface area contributed by atoms with E-state index >= 15 is 0 Å². The molecule has 1 atom stereocenters. The predicted octanol–water partition coefficient (Wildman–Crippen LogP) is 3.18. The van der Waals surface area contributed by atoms with Gasteiger partial charge in [0.05, 0.1) is 18.7 Å². The number of nitrogens with two attached hydrogens (primary N) is 1. The molecule has 1 aliphatic carbocycles. The van der Waals surface area contributed by atoms with Crippen molar-refractivity contribution in [1.29, 1.82) is 0 Å². The lowest BCUT2D eigenvalue weighted by Crippen LogP contribution is -2.50. The standard InChI is InChI=1S/C26H33N3O3/c1-3-17-28-23(24(27)30)19-13-15-26(16-14-19,20-9-5-4-6-10-20)18-29-25(31)21-11-7-8-12-22(21)32-2/h3-12,19,23,28H,1,13-18H2,2H3,(H2,27,30)(H,29,31). The number of hydrogen-bond donors (Lipinski definition) is 3. The SMILES string of the molecule is C=CCNC(C(N)=O)C1CCC(CNC(=O)c2ccccc2OC)(c2ccccc2)CC1. The van der Waals surface area contributed by atoms with E-state index in [4.69, 9.17) is 10.5 Å². The van der Waals surface area contributed by atoms with Gasteiger partial charge >= 0.3 is 0 Å². The molecule has 2 aromatic rings. The first kappa shape index (κ1) is 23.5. The summed E-state index contributed by atoms with van der Waals surface area (Å²) in [5.41, 5.74) is 7.20. The lowest BCUT2D eigenvalue weighted by molar-refractivity contribution is -0.121. The van der Waals surface area contributed by atoms with Crippen molar-refractivity contribution < 1.29 is 14.3 Å². The summed E-state index contributed by atoms with van der Waals surface area (Å²) in [6.07, 6.45) is 5.13. The van der Waals surface area contributed by atoms with Gasteiger partial charge in [-0.05, 0) is 49.3 Å². The highest BCUT2D eigenvalue weighted by Gasteiger charge is 2.40. The first-order valence-corrected chi connectivity index (χ1v) is 11.1. The van der Waals surface area contributed by atoms with Crippen molar-refractivity contribution in [3.8, 4) is 5.75 Å². The van der Waals surface area contributed by atoms with Crippen LogP contribution >= 0.6 is 0 Å². The van der Waals surface area contributed by atoms with Gasteiger partial charge < -0.3 is 21.1 Å². The molecule has 0 aliphatic heterocycles. The van der Waals surface area contributed by atoms with E-state index in [0.29, 0.717) is 24.4 Å². The Morgan fingerprint density at radius 2 is 1.81 bits per heavy atom. The van der Waals surface area contributed by atoms with Crippen molar-refractivity contribution in [2.75, 3.05) is 20.2 Å². The van der Waals surface area contributed by atoms with E-state index in [1.165, 1.54) is 5.56 Å². The van der Waals surface area contributed by atoms with Gasteiger partial charge in [-0.3, -0.25) is 9.59 Å². The fraction of sp³-hybridized carbons (Fsp3) is 0.385. The molecule has 1 unspecified atom stereocenters. The Labute approximate surface area is 190 Å². The van der Waals surface area contributed by atoms with Gasteiger partial charge in [0.25, 0.3) is 5.91 Å². The van der Waals surface area contributed by atoms with Gasteiger partial charge in [0.1, 0.15) is 5.75 Å². The average molecular weight is 436 g/mol. The number of benzene rings is 2. The van der Waals surface area contributed by atoms with Gasteiger partial charge in [0.15, 0.2) is 0 Å². The minimum atomic E-state index is -0.370. The van der Waals surface area contributed by atoms with Crippen LogP contribution in [0.25, 0.3) is 0 Å². The van der Waals surface area contributed by atoms with E-state index in [9.17, 15) is 9.59 Å². The third-order valence-electron chi connectivity index (χ3n) is 6.57. The van der Waals surface area contributed by atoms with Crippen LogP contribution in [-0.4, -0.2) is 38.1 Å². The molecular weight excluding hydrogens is 402 g/mol. The summed E-state index contributed by atoms with van der Waals surface area (Å²) in [4.78, 5) is 25.0. The van der Waals surface area contributed by atoms with E-state index < -0.39 is 0 Å². The Kier molecular flexibility index (Phi) is 8.06. The van der Waals surface area contributed by atoms with E-state index in [0.717, 1.165) is 25.7 Å². The van der Waals surface area contributed by atoms with Crippen molar-refractivity contribution >= 4 is 11.8 Å². The Bertz CT molecular complexity index is 921. The zero-order valence-corrected chi connectivity index (χ0v) is 18.7. The highest BCUT2D eigenvalue weighted by atomic mass is 16.5. The second kappa shape index (κ2) is 11.0. The van der Waals surface area contributed by atoms with Gasteiger partial charge in [-0.1, -0.05) is 48.5 Å². The molecule has 1 aliphatic rings. The van der Waals surface area contributed by atoms with E-state index in [1.54, 1.807) is 25.3 Å². The number of primary amides is 1. The molecule has 1 fully saturated rings. The highest BCUT2D eigenvalue weighted by molar-refractivity contribution is 5.97. The van der Waals surface area contributed by atoms with Crippen LogP contribution in [-0.2, 0) is 10.2 Å². The number of methoxy groups -OCH3 is 1. The summed E-state index contributed by atoms with van der Waals surface area (Å²) in [7, 11) is 1.56. The van der Waals surface area contributed by atoms with Crippen LogP contribution in [0.1, 0.15) is 41.6 Å². The number of rotatable bonds is 10. The summed E-state index contributed by atoms with van der Waals surface area (Å²) in [5, 5.41) is 6.36. The van der Waals surface area contributed by atoms with Crippen LogP contribution < -0.4 is 21.1 Å². The molecule has 0 heterocycles. The lowest BCUT2D eigenvalue weighted by Gasteiger charge is -2.42. The molecule has 0 radical (unpaired) electrons. The van der Waals surface area contributed by atoms with Crippen molar-refractivity contribution in [2.24, 2.45) is 11.7 Å². The molecule has 170 valence electrons. The monoisotopic (exact) mass is 435 g/mol. The summed E-state index contributed by atoms with van der Waals surface area (Å²) >= 11 is 0. The number of ether oxygens (including phenoxy) is 1. The second-order valence-corrected chi connectivity index (χ2v) is 8.44. The Morgan fingerprint density at radius 1 is 1.16 bits per heavy atom. The first-order chi connectivity index (χ1) is 15.5.